The van der Waals surface area contributed by atoms with Gasteiger partial charge in [-0.25, -0.2) is 0 Å². The second-order valence-corrected chi connectivity index (χ2v) is 14.8. The Morgan fingerprint density at radius 2 is 0.840 bits per heavy atom. The maximum atomic E-state index is 12.3. The SMILES string of the molecule is CCCCC/C=C\C=C/CCCCCCCCC(=O)NC(CO)C(O)/C=C/CC/C=C/CCCCCCCCCCCCCCCCCCC. The smallest absolute Gasteiger partial charge is 0.220 e. The van der Waals surface area contributed by atoms with Gasteiger partial charge in [0.25, 0.3) is 0 Å². The summed E-state index contributed by atoms with van der Waals surface area (Å²) in [5, 5.41) is 23.0. The summed E-state index contributed by atoms with van der Waals surface area (Å²) in [5.74, 6) is -0.0864. The summed E-state index contributed by atoms with van der Waals surface area (Å²) in [4.78, 5) is 12.3. The van der Waals surface area contributed by atoms with Gasteiger partial charge in [-0.15, -0.1) is 0 Å². The summed E-state index contributed by atoms with van der Waals surface area (Å²) in [6.45, 7) is 4.26. The number of carbonyl (C=O) groups excluding carboxylic acids is 1. The zero-order valence-corrected chi connectivity index (χ0v) is 33.4. The van der Waals surface area contributed by atoms with Gasteiger partial charge in [-0.2, -0.15) is 0 Å². The fraction of sp³-hybridized carbons (Fsp3) is 0.804. The highest BCUT2D eigenvalue weighted by Gasteiger charge is 2.17. The molecule has 0 saturated heterocycles. The van der Waals surface area contributed by atoms with Crippen LogP contribution in [0.5, 0.6) is 0 Å². The maximum Gasteiger partial charge on any atom is 0.220 e. The molecule has 0 heterocycles. The monoisotopic (exact) mass is 700 g/mol. The van der Waals surface area contributed by atoms with E-state index in [1.54, 1.807) is 6.08 Å². The van der Waals surface area contributed by atoms with Crippen LogP contribution >= 0.6 is 0 Å². The summed E-state index contributed by atoms with van der Waals surface area (Å²) in [7, 11) is 0. The van der Waals surface area contributed by atoms with Crippen molar-refractivity contribution in [2.24, 2.45) is 0 Å². The van der Waals surface area contributed by atoms with Gasteiger partial charge < -0.3 is 15.5 Å². The maximum absolute atomic E-state index is 12.3. The van der Waals surface area contributed by atoms with Gasteiger partial charge in [-0.05, 0) is 57.8 Å². The Kier molecular flexibility index (Phi) is 40.4. The number of rotatable bonds is 39. The minimum atomic E-state index is -0.867. The first kappa shape index (κ1) is 48.3. The van der Waals surface area contributed by atoms with Crippen molar-refractivity contribution in [2.45, 2.75) is 231 Å². The molecule has 292 valence electrons. The van der Waals surface area contributed by atoms with Crippen LogP contribution in [-0.2, 0) is 4.79 Å². The summed E-state index contributed by atoms with van der Waals surface area (Å²) in [6, 6.07) is -0.645. The summed E-state index contributed by atoms with van der Waals surface area (Å²) in [6.07, 6.45) is 56.5. The normalized spacial score (nSPS) is 13.4. The zero-order chi connectivity index (χ0) is 36.4. The first-order valence-corrected chi connectivity index (χ1v) is 21.9. The van der Waals surface area contributed by atoms with E-state index in [1.807, 2.05) is 6.08 Å². The third kappa shape index (κ3) is 37.6. The summed E-state index contributed by atoms with van der Waals surface area (Å²) >= 11 is 0. The van der Waals surface area contributed by atoms with Crippen LogP contribution in [0, 0.1) is 0 Å². The van der Waals surface area contributed by atoms with E-state index in [4.69, 9.17) is 0 Å². The summed E-state index contributed by atoms with van der Waals surface area (Å²) in [5.41, 5.74) is 0. The zero-order valence-electron chi connectivity index (χ0n) is 33.4. The Bertz CT molecular complexity index is 801. The molecule has 2 unspecified atom stereocenters. The van der Waals surface area contributed by atoms with Crippen LogP contribution in [0.4, 0.5) is 0 Å². The molecule has 0 aromatic rings. The molecule has 0 saturated carbocycles. The van der Waals surface area contributed by atoms with Crippen molar-refractivity contribution in [3.05, 3.63) is 48.6 Å². The van der Waals surface area contributed by atoms with Gasteiger partial charge in [0.2, 0.25) is 5.91 Å². The van der Waals surface area contributed by atoms with E-state index < -0.39 is 12.1 Å². The van der Waals surface area contributed by atoms with Crippen LogP contribution in [0.2, 0.25) is 0 Å². The molecule has 2 atom stereocenters. The van der Waals surface area contributed by atoms with E-state index in [2.05, 4.69) is 55.6 Å². The third-order valence-electron chi connectivity index (χ3n) is 9.81. The van der Waals surface area contributed by atoms with Crippen molar-refractivity contribution in [2.75, 3.05) is 6.61 Å². The third-order valence-corrected chi connectivity index (χ3v) is 9.81. The van der Waals surface area contributed by atoms with E-state index in [1.165, 1.54) is 154 Å². The molecule has 0 bridgehead atoms. The highest BCUT2D eigenvalue weighted by atomic mass is 16.3. The second-order valence-electron chi connectivity index (χ2n) is 14.8. The number of nitrogens with one attached hydrogen (secondary N) is 1. The lowest BCUT2D eigenvalue weighted by molar-refractivity contribution is -0.123. The van der Waals surface area contributed by atoms with Gasteiger partial charge in [0, 0.05) is 6.42 Å². The van der Waals surface area contributed by atoms with Crippen molar-refractivity contribution in [1.29, 1.82) is 0 Å². The summed E-state index contributed by atoms with van der Waals surface area (Å²) < 4.78 is 0. The average Bonchev–Trinajstić information content (AvgIpc) is 3.12. The number of allylic oxidation sites excluding steroid dienone is 7. The Morgan fingerprint density at radius 1 is 0.480 bits per heavy atom. The van der Waals surface area contributed by atoms with E-state index in [0.29, 0.717) is 6.42 Å². The predicted molar refractivity (Wildman–Crippen MR) is 221 cm³/mol. The molecule has 0 rings (SSSR count). The fourth-order valence-electron chi connectivity index (χ4n) is 6.42. The van der Waals surface area contributed by atoms with E-state index in [9.17, 15) is 15.0 Å². The number of carbonyl (C=O) groups is 1. The molecule has 50 heavy (non-hydrogen) atoms. The Labute approximate surface area is 312 Å². The number of aliphatic hydroxyl groups is 2. The van der Waals surface area contributed by atoms with Crippen LogP contribution in [-0.4, -0.2) is 34.9 Å². The topological polar surface area (TPSA) is 69.6 Å². The molecule has 0 aromatic carbocycles. The molecule has 4 heteroatoms. The van der Waals surface area contributed by atoms with Crippen molar-refractivity contribution in [1.82, 2.24) is 5.32 Å². The Morgan fingerprint density at radius 3 is 1.32 bits per heavy atom. The molecule has 0 spiro atoms. The lowest BCUT2D eigenvalue weighted by atomic mass is 10.0. The first-order chi connectivity index (χ1) is 24.7. The predicted octanol–water partition coefficient (Wildman–Crippen LogP) is 13.6. The molecule has 0 aliphatic carbocycles. The lowest BCUT2D eigenvalue weighted by Gasteiger charge is -2.19. The Hall–Kier alpha value is -1.65. The molecular formula is C46H85NO3. The van der Waals surface area contributed by atoms with E-state index in [-0.39, 0.29) is 12.5 Å². The van der Waals surface area contributed by atoms with Crippen molar-refractivity contribution in [3.63, 3.8) is 0 Å². The first-order valence-electron chi connectivity index (χ1n) is 21.9. The minimum Gasteiger partial charge on any atom is -0.394 e. The molecule has 0 aliphatic heterocycles. The molecule has 0 aliphatic rings. The molecule has 0 radical (unpaired) electrons. The molecule has 0 fully saturated rings. The van der Waals surface area contributed by atoms with Crippen LogP contribution in [0.15, 0.2) is 48.6 Å². The lowest BCUT2D eigenvalue weighted by Crippen LogP contribution is -2.45. The largest absolute Gasteiger partial charge is 0.394 e. The minimum absolute atomic E-state index is 0.0864. The number of hydrogen-bond acceptors (Lipinski definition) is 3. The Balaban J connectivity index is 3.62. The van der Waals surface area contributed by atoms with E-state index in [0.717, 1.165) is 44.9 Å². The van der Waals surface area contributed by atoms with Crippen LogP contribution in [0.1, 0.15) is 219 Å². The van der Waals surface area contributed by atoms with Crippen molar-refractivity contribution >= 4 is 5.91 Å². The van der Waals surface area contributed by atoms with Crippen LogP contribution in [0.3, 0.4) is 0 Å². The highest BCUT2D eigenvalue weighted by molar-refractivity contribution is 5.76. The molecule has 1 amide bonds. The van der Waals surface area contributed by atoms with Gasteiger partial charge in [0.15, 0.2) is 0 Å². The highest BCUT2D eigenvalue weighted by Crippen LogP contribution is 2.15. The fourth-order valence-corrected chi connectivity index (χ4v) is 6.42. The number of unbranched alkanes of at least 4 members (excludes halogenated alkanes) is 27. The van der Waals surface area contributed by atoms with Crippen LogP contribution in [0.25, 0.3) is 0 Å². The standard InChI is InChI=1S/C46H85NO3/c1-3-5-7-9-11-13-15-17-19-20-21-22-23-24-25-26-28-29-31-33-35-37-39-41-45(49)44(43-48)47-46(50)42-40-38-36-34-32-30-27-18-16-14-12-10-8-6-4-2/h12,14,16,18,31,33,39,41,44-45,48-49H,3-11,13,15,17,19-30,32,34-38,40,42-43H2,1-2H3,(H,47,50)/b14-12-,18-16-,33-31+,41-39+. The van der Waals surface area contributed by atoms with Gasteiger partial charge in [0.1, 0.15) is 0 Å². The second kappa shape index (κ2) is 41.8. The average molecular weight is 700 g/mol. The molecule has 3 N–H and O–H groups in total. The number of aliphatic hydroxyl groups excluding tert-OH is 2. The van der Waals surface area contributed by atoms with Gasteiger partial charge >= 0.3 is 0 Å². The van der Waals surface area contributed by atoms with Crippen molar-refractivity contribution < 1.29 is 15.0 Å². The number of amides is 1. The van der Waals surface area contributed by atoms with E-state index >= 15 is 0 Å². The molecule has 4 nitrogen and oxygen atoms in total. The molecule has 0 aromatic heterocycles. The van der Waals surface area contributed by atoms with Crippen molar-refractivity contribution in [3.8, 4) is 0 Å². The quantitative estimate of drug-likeness (QED) is 0.0340. The van der Waals surface area contributed by atoms with Gasteiger partial charge in [0.05, 0.1) is 18.8 Å². The van der Waals surface area contributed by atoms with Gasteiger partial charge in [-0.1, -0.05) is 204 Å². The number of hydrogen-bond donors (Lipinski definition) is 3. The van der Waals surface area contributed by atoms with Gasteiger partial charge in [-0.3, -0.25) is 4.79 Å². The van der Waals surface area contributed by atoms with Crippen LogP contribution < -0.4 is 5.32 Å². The molecular weight excluding hydrogens is 615 g/mol.